The van der Waals surface area contributed by atoms with Crippen molar-refractivity contribution in [3.8, 4) is 0 Å². The highest BCUT2D eigenvalue weighted by Crippen LogP contribution is 2.27. The molecule has 0 unspecified atom stereocenters. The first-order valence-corrected chi connectivity index (χ1v) is 6.66. The van der Waals surface area contributed by atoms with Crippen molar-refractivity contribution in [2.75, 3.05) is 0 Å². The van der Waals surface area contributed by atoms with Crippen molar-refractivity contribution >= 4 is 29.2 Å². The highest BCUT2D eigenvalue weighted by Gasteiger charge is 2.14. The fourth-order valence-corrected chi connectivity index (χ4v) is 2.47. The maximum Gasteiger partial charge on any atom is 0.338 e. The first kappa shape index (κ1) is 14.9. The Bertz CT molecular complexity index is 589. The van der Waals surface area contributed by atoms with E-state index in [1.807, 2.05) is 30.3 Å². The lowest BCUT2D eigenvalue weighted by Crippen LogP contribution is -2.01. The predicted octanol–water partition coefficient (Wildman–Crippen LogP) is 4.41. The molecule has 2 aromatic carbocycles. The second-order valence-electron chi connectivity index (χ2n) is 4.22. The summed E-state index contributed by atoms with van der Waals surface area (Å²) in [6, 6.07) is 12.9. The van der Waals surface area contributed by atoms with Gasteiger partial charge in [-0.2, -0.15) is 0 Å². The van der Waals surface area contributed by atoms with Crippen LogP contribution in [0.5, 0.6) is 0 Å². The van der Waals surface area contributed by atoms with E-state index in [2.05, 4.69) is 0 Å². The van der Waals surface area contributed by atoms with Gasteiger partial charge in [-0.25, -0.2) is 4.79 Å². The van der Waals surface area contributed by atoms with Gasteiger partial charge in [0.05, 0.1) is 28.8 Å². The third-order valence-corrected chi connectivity index (χ3v) is 3.29. The van der Waals surface area contributed by atoms with E-state index in [-0.39, 0.29) is 15.6 Å². The Balaban J connectivity index is 2.02. The minimum atomic E-state index is -1.14. The van der Waals surface area contributed by atoms with Gasteiger partial charge in [-0.3, -0.25) is 0 Å². The Hall–Kier alpha value is -1.55. The molecule has 0 fully saturated rings. The topological polar surface area (TPSA) is 46.5 Å². The normalized spacial score (nSPS) is 10.5. The molecule has 0 radical (unpaired) electrons. The standard InChI is InChI=1S/C15H12Cl2O3/c16-12-6-11(7-13(17)14(12)15(18)19)9-20-8-10-4-2-1-3-5-10/h1-7H,8-9H2,(H,18,19). The number of aromatic carboxylic acids is 1. The number of carbonyl (C=O) groups is 1. The van der Waals surface area contributed by atoms with Crippen molar-refractivity contribution in [1.82, 2.24) is 0 Å². The molecule has 0 aliphatic rings. The lowest BCUT2D eigenvalue weighted by Gasteiger charge is -2.08. The van der Waals surface area contributed by atoms with Crippen LogP contribution in [0, 0.1) is 0 Å². The van der Waals surface area contributed by atoms with E-state index < -0.39 is 5.97 Å². The van der Waals surface area contributed by atoms with E-state index in [0.717, 1.165) is 11.1 Å². The van der Waals surface area contributed by atoms with Gasteiger partial charge in [-0.1, -0.05) is 53.5 Å². The van der Waals surface area contributed by atoms with Crippen LogP contribution in [0.3, 0.4) is 0 Å². The summed E-state index contributed by atoms with van der Waals surface area (Å²) in [6.07, 6.45) is 0. The van der Waals surface area contributed by atoms with Crippen molar-refractivity contribution in [3.63, 3.8) is 0 Å². The molecule has 0 saturated heterocycles. The molecule has 20 heavy (non-hydrogen) atoms. The number of ether oxygens (including phenoxy) is 1. The van der Waals surface area contributed by atoms with Crippen LogP contribution in [-0.4, -0.2) is 11.1 Å². The van der Waals surface area contributed by atoms with E-state index in [9.17, 15) is 4.79 Å². The molecule has 5 heteroatoms. The monoisotopic (exact) mass is 310 g/mol. The summed E-state index contributed by atoms with van der Waals surface area (Å²) >= 11 is 11.8. The summed E-state index contributed by atoms with van der Waals surface area (Å²) in [4.78, 5) is 11.0. The summed E-state index contributed by atoms with van der Waals surface area (Å²) in [5.74, 6) is -1.14. The van der Waals surface area contributed by atoms with E-state index in [1.54, 1.807) is 12.1 Å². The number of rotatable bonds is 5. The molecule has 2 aromatic rings. The van der Waals surface area contributed by atoms with E-state index in [0.29, 0.717) is 13.2 Å². The van der Waals surface area contributed by atoms with Gasteiger partial charge in [-0.15, -0.1) is 0 Å². The lowest BCUT2D eigenvalue weighted by molar-refractivity contribution is 0.0697. The van der Waals surface area contributed by atoms with Crippen LogP contribution in [0.1, 0.15) is 21.5 Å². The van der Waals surface area contributed by atoms with Crippen LogP contribution in [0.4, 0.5) is 0 Å². The molecule has 0 aliphatic heterocycles. The fraction of sp³-hybridized carbons (Fsp3) is 0.133. The van der Waals surface area contributed by atoms with Crippen molar-refractivity contribution in [2.45, 2.75) is 13.2 Å². The number of halogens is 2. The molecule has 2 rings (SSSR count). The fourth-order valence-electron chi connectivity index (χ4n) is 1.77. The number of hydrogen-bond acceptors (Lipinski definition) is 2. The second kappa shape index (κ2) is 6.75. The van der Waals surface area contributed by atoms with Crippen LogP contribution < -0.4 is 0 Å². The molecule has 0 aromatic heterocycles. The average Bonchev–Trinajstić information content (AvgIpc) is 2.38. The lowest BCUT2D eigenvalue weighted by atomic mass is 10.1. The van der Waals surface area contributed by atoms with Gasteiger partial charge in [-0.05, 0) is 23.3 Å². The number of hydrogen-bond donors (Lipinski definition) is 1. The Kier molecular flexibility index (Phi) is 5.01. The van der Waals surface area contributed by atoms with Gasteiger partial charge < -0.3 is 9.84 Å². The van der Waals surface area contributed by atoms with Crippen LogP contribution in [0.2, 0.25) is 10.0 Å². The molecular weight excluding hydrogens is 299 g/mol. The quantitative estimate of drug-likeness (QED) is 0.889. The molecule has 0 heterocycles. The predicted molar refractivity (Wildman–Crippen MR) is 78.4 cm³/mol. The SMILES string of the molecule is O=C(O)c1c(Cl)cc(COCc2ccccc2)cc1Cl. The molecule has 104 valence electrons. The van der Waals surface area contributed by atoms with Crippen molar-refractivity contribution in [2.24, 2.45) is 0 Å². The number of carboxylic acid groups (broad SMARTS) is 1. The van der Waals surface area contributed by atoms with Crippen molar-refractivity contribution in [1.29, 1.82) is 0 Å². The molecule has 0 atom stereocenters. The van der Waals surface area contributed by atoms with Crippen LogP contribution >= 0.6 is 23.2 Å². The minimum Gasteiger partial charge on any atom is -0.478 e. The summed E-state index contributed by atoms with van der Waals surface area (Å²) < 4.78 is 5.55. The average molecular weight is 311 g/mol. The highest BCUT2D eigenvalue weighted by molar-refractivity contribution is 6.39. The van der Waals surface area contributed by atoms with E-state index >= 15 is 0 Å². The molecule has 0 aliphatic carbocycles. The van der Waals surface area contributed by atoms with E-state index in [1.165, 1.54) is 0 Å². The molecule has 1 N–H and O–H groups in total. The molecule has 0 spiro atoms. The highest BCUT2D eigenvalue weighted by atomic mass is 35.5. The zero-order valence-electron chi connectivity index (χ0n) is 10.5. The summed E-state index contributed by atoms with van der Waals surface area (Å²) in [5.41, 5.74) is 1.72. The summed E-state index contributed by atoms with van der Waals surface area (Å²) in [7, 11) is 0. The molecular formula is C15H12Cl2O3. The van der Waals surface area contributed by atoms with Crippen molar-refractivity contribution in [3.05, 3.63) is 69.2 Å². The molecule has 0 bridgehead atoms. The third kappa shape index (κ3) is 3.73. The third-order valence-electron chi connectivity index (χ3n) is 2.70. The van der Waals surface area contributed by atoms with Gasteiger partial charge in [0.15, 0.2) is 0 Å². The second-order valence-corrected chi connectivity index (χ2v) is 5.03. The van der Waals surface area contributed by atoms with Gasteiger partial charge in [0, 0.05) is 0 Å². The molecule has 3 nitrogen and oxygen atoms in total. The van der Waals surface area contributed by atoms with Crippen molar-refractivity contribution < 1.29 is 14.6 Å². The smallest absolute Gasteiger partial charge is 0.338 e. The van der Waals surface area contributed by atoms with Gasteiger partial charge in [0.25, 0.3) is 0 Å². The zero-order chi connectivity index (χ0) is 14.5. The maximum absolute atomic E-state index is 11.0. The van der Waals surface area contributed by atoms with Crippen LogP contribution in [-0.2, 0) is 18.0 Å². The molecule has 0 saturated carbocycles. The first-order chi connectivity index (χ1) is 9.58. The summed E-state index contributed by atoms with van der Waals surface area (Å²) in [6.45, 7) is 0.783. The van der Waals surface area contributed by atoms with Crippen LogP contribution in [0.15, 0.2) is 42.5 Å². The maximum atomic E-state index is 11.0. The van der Waals surface area contributed by atoms with Crippen LogP contribution in [0.25, 0.3) is 0 Å². The zero-order valence-corrected chi connectivity index (χ0v) is 12.0. The summed E-state index contributed by atoms with van der Waals surface area (Å²) in [5, 5.41) is 9.19. The van der Waals surface area contributed by atoms with Gasteiger partial charge in [0.2, 0.25) is 0 Å². The Morgan fingerprint density at radius 2 is 1.55 bits per heavy atom. The van der Waals surface area contributed by atoms with E-state index in [4.69, 9.17) is 33.0 Å². The minimum absolute atomic E-state index is 0.0832. The largest absolute Gasteiger partial charge is 0.478 e. The molecule has 0 amide bonds. The number of benzene rings is 2. The number of carboxylic acids is 1. The first-order valence-electron chi connectivity index (χ1n) is 5.91. The van der Waals surface area contributed by atoms with Gasteiger partial charge in [0.1, 0.15) is 0 Å². The Morgan fingerprint density at radius 3 is 2.10 bits per heavy atom. The Labute approximate surface area is 126 Å². The Morgan fingerprint density at radius 1 is 1.00 bits per heavy atom. The van der Waals surface area contributed by atoms with Gasteiger partial charge >= 0.3 is 5.97 Å².